The van der Waals surface area contributed by atoms with Crippen molar-refractivity contribution in [1.29, 1.82) is 0 Å². The third-order valence-electron chi connectivity index (χ3n) is 3.97. The van der Waals surface area contributed by atoms with E-state index in [1.165, 1.54) is 16.8 Å². The van der Waals surface area contributed by atoms with Crippen LogP contribution in [0.5, 0.6) is 0 Å². The molecular weight excluding hydrogens is 368 g/mol. The molecule has 0 saturated heterocycles. The number of sulfone groups is 1. The normalized spacial score (nSPS) is 11.4. The predicted octanol–water partition coefficient (Wildman–Crippen LogP) is 1.72. The number of anilines is 1. The van der Waals surface area contributed by atoms with Crippen molar-refractivity contribution in [2.45, 2.75) is 18.4 Å². The van der Waals surface area contributed by atoms with E-state index in [1.807, 2.05) is 0 Å². The van der Waals surface area contributed by atoms with E-state index in [1.54, 1.807) is 43.5 Å². The van der Waals surface area contributed by atoms with Gasteiger partial charge in [0, 0.05) is 17.5 Å². The van der Waals surface area contributed by atoms with Crippen molar-refractivity contribution in [2.24, 2.45) is 0 Å². The summed E-state index contributed by atoms with van der Waals surface area (Å²) in [6.45, 7) is 1.55. The molecule has 0 aliphatic heterocycles. The van der Waals surface area contributed by atoms with Crippen molar-refractivity contribution in [3.8, 4) is 5.69 Å². The summed E-state index contributed by atoms with van der Waals surface area (Å²) in [5, 5.41) is 19.5. The summed E-state index contributed by atoms with van der Waals surface area (Å²) in [4.78, 5) is 12.6. The second kappa shape index (κ2) is 7.29. The standard InChI is InChI=1S/C18H18N4O4S/c1-12-3-8-16(27(2,25)26)9-17(12)18(24)19-13-4-6-15(7-5-13)22-10-14(11-23)20-21-22/h3-10,23H,11H2,1-2H3,(H,19,24). The second-order valence-electron chi connectivity index (χ2n) is 6.06. The number of nitrogens with one attached hydrogen (secondary N) is 1. The zero-order valence-electron chi connectivity index (χ0n) is 14.7. The van der Waals surface area contributed by atoms with Crippen molar-refractivity contribution in [2.75, 3.05) is 11.6 Å². The molecule has 0 fully saturated rings. The van der Waals surface area contributed by atoms with Gasteiger partial charge in [0.15, 0.2) is 9.84 Å². The minimum atomic E-state index is -3.40. The molecule has 0 saturated carbocycles. The summed E-state index contributed by atoms with van der Waals surface area (Å²) in [6.07, 6.45) is 2.71. The van der Waals surface area contributed by atoms with E-state index in [0.29, 0.717) is 22.5 Å². The van der Waals surface area contributed by atoms with Crippen LogP contribution in [0.4, 0.5) is 5.69 Å². The summed E-state index contributed by atoms with van der Waals surface area (Å²) in [5.74, 6) is -0.394. The molecule has 9 heteroatoms. The molecule has 27 heavy (non-hydrogen) atoms. The van der Waals surface area contributed by atoms with Gasteiger partial charge in [-0.1, -0.05) is 11.3 Å². The average molecular weight is 386 g/mol. The number of carbonyl (C=O) groups excluding carboxylic acids is 1. The lowest BCUT2D eigenvalue weighted by atomic mass is 10.1. The summed E-state index contributed by atoms with van der Waals surface area (Å²) in [5.41, 5.74) is 2.70. The van der Waals surface area contributed by atoms with Crippen molar-refractivity contribution in [3.05, 3.63) is 65.5 Å². The minimum absolute atomic E-state index is 0.0967. The zero-order valence-corrected chi connectivity index (χ0v) is 15.6. The Labute approximate surface area is 156 Å². The van der Waals surface area contributed by atoms with Crippen LogP contribution in [0.2, 0.25) is 0 Å². The lowest BCUT2D eigenvalue weighted by Gasteiger charge is -2.10. The van der Waals surface area contributed by atoms with E-state index >= 15 is 0 Å². The van der Waals surface area contributed by atoms with Gasteiger partial charge < -0.3 is 10.4 Å². The fraction of sp³-hybridized carbons (Fsp3) is 0.167. The molecule has 1 aromatic heterocycles. The number of benzene rings is 2. The summed E-state index contributed by atoms with van der Waals surface area (Å²) >= 11 is 0. The Morgan fingerprint density at radius 2 is 1.89 bits per heavy atom. The van der Waals surface area contributed by atoms with Crippen molar-refractivity contribution < 1.29 is 18.3 Å². The molecule has 0 radical (unpaired) electrons. The molecule has 0 atom stereocenters. The maximum absolute atomic E-state index is 12.5. The zero-order chi connectivity index (χ0) is 19.6. The molecule has 0 aliphatic rings. The first-order valence-corrected chi connectivity index (χ1v) is 9.91. The molecule has 3 aromatic rings. The SMILES string of the molecule is Cc1ccc(S(C)(=O)=O)cc1C(=O)Nc1ccc(-n2cc(CO)nn2)cc1. The van der Waals surface area contributed by atoms with Gasteiger partial charge in [-0.2, -0.15) is 0 Å². The molecule has 0 bridgehead atoms. The number of aromatic nitrogens is 3. The first kappa shape index (κ1) is 18.7. The smallest absolute Gasteiger partial charge is 0.255 e. The van der Waals surface area contributed by atoms with Gasteiger partial charge in [-0.15, -0.1) is 5.10 Å². The molecular formula is C18H18N4O4S. The predicted molar refractivity (Wildman–Crippen MR) is 99.5 cm³/mol. The Kier molecular flexibility index (Phi) is 5.06. The number of carbonyl (C=O) groups is 1. The number of hydrogen-bond acceptors (Lipinski definition) is 6. The van der Waals surface area contributed by atoms with E-state index in [9.17, 15) is 13.2 Å². The lowest BCUT2D eigenvalue weighted by Crippen LogP contribution is -2.14. The first-order valence-electron chi connectivity index (χ1n) is 8.02. The number of hydrogen-bond donors (Lipinski definition) is 2. The molecule has 3 rings (SSSR count). The van der Waals surface area contributed by atoms with Gasteiger partial charge in [0.1, 0.15) is 5.69 Å². The highest BCUT2D eigenvalue weighted by atomic mass is 32.2. The highest BCUT2D eigenvalue weighted by molar-refractivity contribution is 7.90. The number of rotatable bonds is 5. The van der Waals surface area contributed by atoms with Crippen molar-refractivity contribution >= 4 is 21.4 Å². The van der Waals surface area contributed by atoms with Gasteiger partial charge in [-0.05, 0) is 48.9 Å². The third-order valence-corrected chi connectivity index (χ3v) is 5.08. The average Bonchev–Trinajstić information content (AvgIpc) is 3.11. The van der Waals surface area contributed by atoms with E-state index in [-0.39, 0.29) is 11.5 Å². The summed E-state index contributed by atoms with van der Waals surface area (Å²) < 4.78 is 24.9. The fourth-order valence-electron chi connectivity index (χ4n) is 2.47. The van der Waals surface area contributed by atoms with Crippen LogP contribution in [0.25, 0.3) is 5.69 Å². The van der Waals surface area contributed by atoms with E-state index in [2.05, 4.69) is 15.6 Å². The number of aliphatic hydroxyl groups excluding tert-OH is 1. The largest absolute Gasteiger partial charge is 0.390 e. The molecule has 0 unspecified atom stereocenters. The third kappa shape index (κ3) is 4.21. The Balaban J connectivity index is 1.80. The number of amides is 1. The Morgan fingerprint density at radius 3 is 2.48 bits per heavy atom. The van der Waals surface area contributed by atoms with Crippen molar-refractivity contribution in [3.63, 3.8) is 0 Å². The molecule has 1 heterocycles. The van der Waals surface area contributed by atoms with Gasteiger partial charge in [0.05, 0.1) is 23.4 Å². The highest BCUT2D eigenvalue weighted by Gasteiger charge is 2.15. The van der Waals surface area contributed by atoms with Gasteiger partial charge in [0.2, 0.25) is 0 Å². The molecule has 0 aliphatic carbocycles. The molecule has 8 nitrogen and oxygen atoms in total. The minimum Gasteiger partial charge on any atom is -0.390 e. The van der Waals surface area contributed by atoms with Gasteiger partial charge in [-0.3, -0.25) is 4.79 Å². The number of aliphatic hydroxyl groups is 1. The lowest BCUT2D eigenvalue weighted by molar-refractivity contribution is 0.102. The van der Waals surface area contributed by atoms with E-state index < -0.39 is 15.7 Å². The topological polar surface area (TPSA) is 114 Å². The Morgan fingerprint density at radius 1 is 1.19 bits per heavy atom. The van der Waals surface area contributed by atoms with Crippen LogP contribution >= 0.6 is 0 Å². The maximum atomic E-state index is 12.5. The van der Waals surface area contributed by atoms with Gasteiger partial charge >= 0.3 is 0 Å². The number of nitrogens with zero attached hydrogens (tertiary/aromatic N) is 3. The quantitative estimate of drug-likeness (QED) is 0.690. The molecule has 2 N–H and O–H groups in total. The van der Waals surface area contributed by atoms with Crippen LogP contribution in [-0.2, 0) is 16.4 Å². The van der Waals surface area contributed by atoms with Crippen LogP contribution < -0.4 is 5.32 Å². The monoisotopic (exact) mass is 386 g/mol. The van der Waals surface area contributed by atoms with E-state index in [0.717, 1.165) is 11.9 Å². The van der Waals surface area contributed by atoms with Crippen molar-refractivity contribution in [1.82, 2.24) is 15.0 Å². The van der Waals surface area contributed by atoms with Gasteiger partial charge in [0.25, 0.3) is 5.91 Å². The van der Waals surface area contributed by atoms with Crippen LogP contribution in [0.15, 0.2) is 53.6 Å². The second-order valence-corrected chi connectivity index (χ2v) is 8.08. The van der Waals surface area contributed by atoms with Crippen LogP contribution in [0.1, 0.15) is 21.6 Å². The summed E-state index contributed by atoms with van der Waals surface area (Å²) in [6, 6.07) is 11.3. The highest BCUT2D eigenvalue weighted by Crippen LogP contribution is 2.18. The van der Waals surface area contributed by atoms with Crippen LogP contribution in [0, 0.1) is 6.92 Å². The molecule has 1 amide bonds. The number of aryl methyl sites for hydroxylation is 1. The summed E-state index contributed by atoms with van der Waals surface area (Å²) in [7, 11) is -3.40. The first-order chi connectivity index (χ1) is 12.8. The van der Waals surface area contributed by atoms with Crippen LogP contribution in [0.3, 0.4) is 0 Å². The maximum Gasteiger partial charge on any atom is 0.255 e. The molecule has 2 aromatic carbocycles. The Bertz CT molecular complexity index is 1090. The van der Waals surface area contributed by atoms with Crippen LogP contribution in [-0.4, -0.2) is 40.7 Å². The molecule has 0 spiro atoms. The van der Waals surface area contributed by atoms with Gasteiger partial charge in [-0.25, -0.2) is 13.1 Å². The Hall–Kier alpha value is -3.04. The molecule has 140 valence electrons. The fourth-order valence-corrected chi connectivity index (χ4v) is 3.12. The van der Waals surface area contributed by atoms with E-state index in [4.69, 9.17) is 5.11 Å².